The minimum absolute atomic E-state index is 0.0848. The van der Waals surface area contributed by atoms with Crippen LogP contribution in [0.5, 0.6) is 0 Å². The summed E-state index contributed by atoms with van der Waals surface area (Å²) in [6.07, 6.45) is -0.694. The molecule has 0 spiro atoms. The van der Waals surface area contributed by atoms with Gasteiger partial charge in [-0.2, -0.15) is 4.31 Å². The Labute approximate surface area is 122 Å². The van der Waals surface area contributed by atoms with E-state index in [2.05, 4.69) is 0 Å². The minimum atomic E-state index is -3.57. The lowest BCUT2D eigenvalue weighted by Crippen LogP contribution is -2.33. The molecule has 1 unspecified atom stereocenters. The molecule has 0 fully saturated rings. The molecule has 0 amide bonds. The van der Waals surface area contributed by atoms with E-state index in [0.29, 0.717) is 4.90 Å². The van der Waals surface area contributed by atoms with Crippen molar-refractivity contribution >= 4 is 10.0 Å². The Balaban J connectivity index is 3.31. The molecule has 4 nitrogen and oxygen atoms in total. The van der Waals surface area contributed by atoms with Crippen LogP contribution in [-0.4, -0.2) is 37.5 Å². The number of sulfonamides is 1. The third-order valence-corrected chi connectivity index (χ3v) is 5.23. The van der Waals surface area contributed by atoms with E-state index in [9.17, 15) is 13.5 Å². The first-order chi connectivity index (χ1) is 8.96. The quantitative estimate of drug-likeness (QED) is 0.928. The van der Waals surface area contributed by atoms with Gasteiger partial charge in [0.05, 0.1) is 11.0 Å². The SMILES string of the molecule is Cc1ccc(C(C)(C)C)cc1S(=O)(=O)N(C)CC(C)O. The Hall–Kier alpha value is -0.910. The van der Waals surface area contributed by atoms with Gasteiger partial charge in [0.2, 0.25) is 10.0 Å². The average Bonchev–Trinajstić information content (AvgIpc) is 2.26. The summed E-state index contributed by atoms with van der Waals surface area (Å²) in [6.45, 7) is 9.59. The molecule has 0 bridgehead atoms. The van der Waals surface area contributed by atoms with Crippen LogP contribution in [0.15, 0.2) is 23.1 Å². The summed E-state index contributed by atoms with van der Waals surface area (Å²) < 4.78 is 26.4. The second-order valence-corrected chi connectivity index (χ2v) is 8.38. The van der Waals surface area contributed by atoms with Gasteiger partial charge in [-0.05, 0) is 36.5 Å². The van der Waals surface area contributed by atoms with E-state index in [1.165, 1.54) is 11.4 Å². The topological polar surface area (TPSA) is 57.6 Å². The number of aliphatic hydroxyl groups excluding tert-OH is 1. The number of hydrogen-bond donors (Lipinski definition) is 1. The lowest BCUT2D eigenvalue weighted by molar-refractivity contribution is 0.171. The minimum Gasteiger partial charge on any atom is -0.392 e. The zero-order valence-corrected chi connectivity index (χ0v) is 14.0. The highest BCUT2D eigenvalue weighted by Gasteiger charge is 2.25. The molecule has 1 atom stereocenters. The van der Waals surface area contributed by atoms with Crippen molar-refractivity contribution in [3.63, 3.8) is 0 Å². The Morgan fingerprint density at radius 3 is 2.30 bits per heavy atom. The Kier molecular flexibility index (Phi) is 5.00. The molecule has 1 aromatic rings. The molecule has 0 aliphatic heterocycles. The Bertz CT molecular complexity index is 571. The maximum Gasteiger partial charge on any atom is 0.243 e. The van der Waals surface area contributed by atoms with E-state index in [0.717, 1.165) is 11.1 Å². The molecule has 0 saturated heterocycles. The zero-order chi connectivity index (χ0) is 15.7. The average molecular weight is 299 g/mol. The summed E-state index contributed by atoms with van der Waals surface area (Å²) in [7, 11) is -2.08. The van der Waals surface area contributed by atoms with Crippen molar-refractivity contribution in [2.45, 2.75) is 51.0 Å². The van der Waals surface area contributed by atoms with Crippen LogP contribution in [0.2, 0.25) is 0 Å². The molecule has 0 saturated carbocycles. The molecular weight excluding hydrogens is 274 g/mol. The molecule has 1 aromatic carbocycles. The number of likely N-dealkylation sites (N-methyl/N-ethyl adjacent to an activating group) is 1. The van der Waals surface area contributed by atoms with Crippen molar-refractivity contribution < 1.29 is 13.5 Å². The lowest BCUT2D eigenvalue weighted by atomic mass is 9.87. The van der Waals surface area contributed by atoms with Crippen LogP contribution < -0.4 is 0 Å². The number of aryl methyl sites for hydroxylation is 1. The second-order valence-electron chi connectivity index (χ2n) is 6.36. The van der Waals surface area contributed by atoms with Crippen LogP contribution >= 0.6 is 0 Å². The molecule has 0 aliphatic carbocycles. The maximum atomic E-state index is 12.6. The molecular formula is C15H25NO3S. The van der Waals surface area contributed by atoms with Gasteiger partial charge in [0, 0.05) is 13.6 Å². The summed E-state index contributed by atoms with van der Waals surface area (Å²) >= 11 is 0. The first-order valence-electron chi connectivity index (χ1n) is 6.72. The number of aliphatic hydroxyl groups is 1. The molecule has 0 radical (unpaired) electrons. The molecule has 0 heterocycles. The van der Waals surface area contributed by atoms with Crippen LogP contribution in [0, 0.1) is 6.92 Å². The van der Waals surface area contributed by atoms with Gasteiger partial charge in [-0.15, -0.1) is 0 Å². The van der Waals surface area contributed by atoms with Crippen molar-refractivity contribution in [1.29, 1.82) is 0 Å². The molecule has 5 heteroatoms. The summed E-state index contributed by atoms with van der Waals surface area (Å²) in [5.41, 5.74) is 1.59. The molecule has 0 aromatic heterocycles. The van der Waals surface area contributed by atoms with Crippen molar-refractivity contribution in [1.82, 2.24) is 4.31 Å². The van der Waals surface area contributed by atoms with Crippen molar-refractivity contribution in [3.05, 3.63) is 29.3 Å². The fraction of sp³-hybridized carbons (Fsp3) is 0.600. The summed E-state index contributed by atoms with van der Waals surface area (Å²) in [4.78, 5) is 0.313. The van der Waals surface area contributed by atoms with Gasteiger partial charge in [-0.1, -0.05) is 32.9 Å². The number of hydrogen-bond acceptors (Lipinski definition) is 3. The summed E-state index contributed by atoms with van der Waals surface area (Å²) in [5.74, 6) is 0. The second kappa shape index (κ2) is 5.84. The van der Waals surface area contributed by atoms with Gasteiger partial charge in [-0.25, -0.2) is 8.42 Å². The Morgan fingerprint density at radius 1 is 1.30 bits per heavy atom. The summed E-state index contributed by atoms with van der Waals surface area (Å²) in [6, 6.07) is 5.54. The predicted molar refractivity (Wildman–Crippen MR) is 81.4 cm³/mol. The monoisotopic (exact) mass is 299 g/mol. The van der Waals surface area contributed by atoms with Crippen molar-refractivity contribution in [3.8, 4) is 0 Å². The van der Waals surface area contributed by atoms with Gasteiger partial charge >= 0.3 is 0 Å². The van der Waals surface area contributed by atoms with Crippen molar-refractivity contribution in [2.75, 3.05) is 13.6 Å². The standard InChI is InChI=1S/C15H25NO3S/c1-11-7-8-13(15(3,4)5)9-14(11)20(18,19)16(6)10-12(2)17/h7-9,12,17H,10H2,1-6H3. The normalized spacial score (nSPS) is 14.6. The van der Waals surface area contributed by atoms with Crippen molar-refractivity contribution in [2.24, 2.45) is 0 Å². The van der Waals surface area contributed by atoms with E-state index in [4.69, 9.17) is 0 Å². The largest absolute Gasteiger partial charge is 0.392 e. The lowest BCUT2D eigenvalue weighted by Gasteiger charge is -2.23. The number of nitrogens with zero attached hydrogens (tertiary/aromatic N) is 1. The van der Waals surface area contributed by atoms with Crippen LogP contribution in [-0.2, 0) is 15.4 Å². The van der Waals surface area contributed by atoms with E-state index in [1.54, 1.807) is 19.9 Å². The third kappa shape index (κ3) is 3.81. The number of benzene rings is 1. The van der Waals surface area contributed by atoms with Gasteiger partial charge in [0.25, 0.3) is 0 Å². The molecule has 1 rings (SSSR count). The van der Waals surface area contributed by atoms with E-state index >= 15 is 0 Å². The highest BCUT2D eigenvalue weighted by Crippen LogP contribution is 2.27. The first-order valence-corrected chi connectivity index (χ1v) is 8.16. The fourth-order valence-corrected chi connectivity index (χ4v) is 3.48. The molecule has 20 heavy (non-hydrogen) atoms. The highest BCUT2D eigenvalue weighted by molar-refractivity contribution is 7.89. The van der Waals surface area contributed by atoms with Gasteiger partial charge in [0.1, 0.15) is 0 Å². The first kappa shape index (κ1) is 17.1. The highest BCUT2D eigenvalue weighted by atomic mass is 32.2. The maximum absolute atomic E-state index is 12.6. The Morgan fingerprint density at radius 2 is 1.85 bits per heavy atom. The molecule has 114 valence electrons. The number of rotatable bonds is 4. The smallest absolute Gasteiger partial charge is 0.243 e. The predicted octanol–water partition coefficient (Wildman–Crippen LogP) is 2.29. The van der Waals surface area contributed by atoms with Crippen LogP contribution in [0.3, 0.4) is 0 Å². The van der Waals surface area contributed by atoms with Gasteiger partial charge in [0.15, 0.2) is 0 Å². The zero-order valence-electron chi connectivity index (χ0n) is 13.1. The van der Waals surface area contributed by atoms with E-state index < -0.39 is 16.1 Å². The molecule has 1 N–H and O–H groups in total. The van der Waals surface area contributed by atoms with Crippen LogP contribution in [0.25, 0.3) is 0 Å². The van der Waals surface area contributed by atoms with E-state index in [1.807, 2.05) is 32.9 Å². The van der Waals surface area contributed by atoms with E-state index in [-0.39, 0.29) is 12.0 Å². The van der Waals surface area contributed by atoms with Crippen LogP contribution in [0.4, 0.5) is 0 Å². The van der Waals surface area contributed by atoms with Gasteiger partial charge in [-0.3, -0.25) is 0 Å². The third-order valence-electron chi connectivity index (χ3n) is 3.26. The fourth-order valence-electron chi connectivity index (χ4n) is 1.98. The van der Waals surface area contributed by atoms with Gasteiger partial charge < -0.3 is 5.11 Å². The summed E-state index contributed by atoms with van der Waals surface area (Å²) in [5, 5.41) is 9.38. The molecule has 0 aliphatic rings. The van der Waals surface area contributed by atoms with Crippen LogP contribution in [0.1, 0.15) is 38.8 Å².